The lowest BCUT2D eigenvalue weighted by atomic mass is 10.2. The topological polar surface area (TPSA) is 22.6 Å². The molecular weight excluding hydrogens is 243 g/mol. The molecule has 0 spiro atoms. The third-order valence-corrected chi connectivity index (χ3v) is 4.08. The summed E-state index contributed by atoms with van der Waals surface area (Å²) in [5, 5.41) is 0. The van der Waals surface area contributed by atoms with E-state index in [9.17, 15) is 4.39 Å². The quantitative estimate of drug-likeness (QED) is 0.808. The van der Waals surface area contributed by atoms with Gasteiger partial charge in [0.05, 0.1) is 11.9 Å². The van der Waals surface area contributed by atoms with Crippen molar-refractivity contribution in [1.82, 2.24) is 9.88 Å². The van der Waals surface area contributed by atoms with Gasteiger partial charge in [0.2, 0.25) is 0 Å². The first-order valence-corrected chi connectivity index (χ1v) is 7.08. The highest BCUT2D eigenvalue weighted by Crippen LogP contribution is 2.25. The molecule has 0 amide bonds. The van der Waals surface area contributed by atoms with E-state index in [2.05, 4.69) is 21.8 Å². The molecule has 0 aromatic carbocycles. The number of anilines is 2. The lowest BCUT2D eigenvalue weighted by Crippen LogP contribution is -2.44. The summed E-state index contributed by atoms with van der Waals surface area (Å²) in [6.45, 7) is 5.79. The van der Waals surface area contributed by atoms with Crippen LogP contribution in [0.2, 0.25) is 0 Å². The predicted molar refractivity (Wildman–Crippen MR) is 75.4 cm³/mol. The van der Waals surface area contributed by atoms with Gasteiger partial charge in [-0.2, -0.15) is 0 Å². The number of nitrogens with zero attached hydrogens (tertiary/aromatic N) is 4. The van der Waals surface area contributed by atoms with Crippen LogP contribution in [0.3, 0.4) is 0 Å². The van der Waals surface area contributed by atoms with Gasteiger partial charge in [0.25, 0.3) is 0 Å². The molecule has 2 saturated heterocycles. The SMILES string of the molecule is CN1CCN(c2cnc(N3CCCC3)c(F)c2)CC1. The van der Waals surface area contributed by atoms with Crippen molar-refractivity contribution < 1.29 is 4.39 Å². The Morgan fingerprint density at radius 1 is 1.00 bits per heavy atom. The Balaban J connectivity index is 1.75. The molecule has 1 aromatic rings. The lowest BCUT2D eigenvalue weighted by Gasteiger charge is -2.34. The number of hydrogen-bond donors (Lipinski definition) is 0. The number of pyridine rings is 1. The molecule has 3 heterocycles. The monoisotopic (exact) mass is 264 g/mol. The fourth-order valence-corrected chi connectivity index (χ4v) is 2.82. The van der Waals surface area contributed by atoms with E-state index in [4.69, 9.17) is 0 Å². The fraction of sp³-hybridized carbons (Fsp3) is 0.643. The molecular formula is C14H21FN4. The van der Waals surface area contributed by atoms with Crippen LogP contribution < -0.4 is 9.80 Å². The Kier molecular flexibility index (Phi) is 3.55. The number of halogens is 1. The Labute approximate surface area is 113 Å². The maximum atomic E-state index is 14.2. The van der Waals surface area contributed by atoms with Gasteiger partial charge in [0.15, 0.2) is 11.6 Å². The Bertz CT molecular complexity index is 437. The lowest BCUT2D eigenvalue weighted by molar-refractivity contribution is 0.312. The molecule has 5 heteroatoms. The van der Waals surface area contributed by atoms with E-state index in [1.165, 1.54) is 0 Å². The number of rotatable bonds is 2. The molecule has 19 heavy (non-hydrogen) atoms. The highest BCUT2D eigenvalue weighted by molar-refractivity contribution is 5.52. The molecule has 1 aromatic heterocycles. The van der Waals surface area contributed by atoms with Crippen molar-refractivity contribution in [2.75, 3.05) is 56.1 Å². The molecule has 0 N–H and O–H groups in total. The van der Waals surface area contributed by atoms with Gasteiger partial charge in [-0.25, -0.2) is 9.37 Å². The van der Waals surface area contributed by atoms with E-state index in [1.807, 2.05) is 11.1 Å². The van der Waals surface area contributed by atoms with Crippen LogP contribution in [0.25, 0.3) is 0 Å². The molecule has 104 valence electrons. The summed E-state index contributed by atoms with van der Waals surface area (Å²) in [5.41, 5.74) is 0.911. The van der Waals surface area contributed by atoms with E-state index in [-0.39, 0.29) is 5.82 Å². The van der Waals surface area contributed by atoms with Crippen molar-refractivity contribution in [2.45, 2.75) is 12.8 Å². The Morgan fingerprint density at radius 2 is 1.68 bits per heavy atom. The minimum atomic E-state index is -0.182. The van der Waals surface area contributed by atoms with Crippen LogP contribution in [0.5, 0.6) is 0 Å². The summed E-state index contributed by atoms with van der Waals surface area (Å²) in [4.78, 5) is 10.9. The molecule has 2 aliphatic rings. The van der Waals surface area contributed by atoms with Gasteiger partial charge in [-0.1, -0.05) is 0 Å². The van der Waals surface area contributed by atoms with Crippen LogP contribution >= 0.6 is 0 Å². The van der Waals surface area contributed by atoms with Gasteiger partial charge in [0, 0.05) is 45.3 Å². The van der Waals surface area contributed by atoms with Crippen molar-refractivity contribution in [2.24, 2.45) is 0 Å². The van der Waals surface area contributed by atoms with Crippen LogP contribution in [0.4, 0.5) is 15.9 Å². The van der Waals surface area contributed by atoms with Crippen molar-refractivity contribution in [3.8, 4) is 0 Å². The summed E-state index contributed by atoms with van der Waals surface area (Å²) in [7, 11) is 2.12. The maximum Gasteiger partial charge on any atom is 0.167 e. The number of aromatic nitrogens is 1. The first kappa shape index (κ1) is 12.7. The summed E-state index contributed by atoms with van der Waals surface area (Å²) in [5.74, 6) is 0.341. The van der Waals surface area contributed by atoms with Gasteiger partial charge < -0.3 is 14.7 Å². The van der Waals surface area contributed by atoms with Gasteiger partial charge >= 0.3 is 0 Å². The zero-order valence-electron chi connectivity index (χ0n) is 11.5. The van der Waals surface area contributed by atoms with E-state index in [1.54, 1.807) is 6.07 Å². The molecule has 0 atom stereocenters. The standard InChI is InChI=1S/C14H21FN4/c1-17-6-8-18(9-7-17)12-10-13(15)14(16-11-12)19-4-2-3-5-19/h10-11H,2-9H2,1H3. The zero-order valence-corrected chi connectivity index (χ0v) is 11.5. The average molecular weight is 264 g/mol. The summed E-state index contributed by atoms with van der Waals surface area (Å²) in [6.07, 6.45) is 4.10. The second-order valence-corrected chi connectivity index (χ2v) is 5.48. The maximum absolute atomic E-state index is 14.2. The normalized spacial score (nSPS) is 21.2. The highest BCUT2D eigenvalue weighted by Gasteiger charge is 2.20. The third kappa shape index (κ3) is 2.66. The summed E-state index contributed by atoms with van der Waals surface area (Å²) in [6, 6.07) is 1.64. The molecule has 0 bridgehead atoms. The molecule has 0 saturated carbocycles. The number of piperazine rings is 1. The van der Waals surface area contributed by atoms with Crippen LogP contribution in [0.15, 0.2) is 12.3 Å². The summed E-state index contributed by atoms with van der Waals surface area (Å²) >= 11 is 0. The van der Waals surface area contributed by atoms with Crippen LogP contribution in [-0.4, -0.2) is 56.2 Å². The molecule has 2 aliphatic heterocycles. The summed E-state index contributed by atoms with van der Waals surface area (Å²) < 4.78 is 14.2. The minimum absolute atomic E-state index is 0.182. The van der Waals surface area contributed by atoms with Gasteiger partial charge in [-0.05, 0) is 19.9 Å². The molecule has 0 aliphatic carbocycles. The smallest absolute Gasteiger partial charge is 0.167 e. The first-order chi connectivity index (χ1) is 9.24. The largest absolute Gasteiger partial charge is 0.368 e. The van der Waals surface area contributed by atoms with Gasteiger partial charge in [-0.3, -0.25) is 0 Å². The van der Waals surface area contributed by atoms with Crippen LogP contribution in [-0.2, 0) is 0 Å². The van der Waals surface area contributed by atoms with Crippen molar-refractivity contribution in [3.63, 3.8) is 0 Å². The third-order valence-electron chi connectivity index (χ3n) is 4.08. The fourth-order valence-electron chi connectivity index (χ4n) is 2.82. The average Bonchev–Trinajstić information content (AvgIpc) is 2.93. The Morgan fingerprint density at radius 3 is 2.32 bits per heavy atom. The minimum Gasteiger partial charge on any atom is -0.368 e. The molecule has 0 radical (unpaired) electrons. The number of likely N-dealkylation sites (N-methyl/N-ethyl adjacent to an activating group) is 1. The van der Waals surface area contributed by atoms with Gasteiger partial charge in [0.1, 0.15) is 0 Å². The second-order valence-electron chi connectivity index (χ2n) is 5.48. The van der Waals surface area contributed by atoms with E-state index < -0.39 is 0 Å². The van der Waals surface area contributed by atoms with Crippen molar-refractivity contribution in [1.29, 1.82) is 0 Å². The van der Waals surface area contributed by atoms with Gasteiger partial charge in [-0.15, -0.1) is 0 Å². The van der Waals surface area contributed by atoms with E-state index in [0.717, 1.165) is 57.8 Å². The van der Waals surface area contributed by atoms with Crippen LogP contribution in [0, 0.1) is 5.82 Å². The van der Waals surface area contributed by atoms with Crippen molar-refractivity contribution in [3.05, 3.63) is 18.1 Å². The van der Waals surface area contributed by atoms with Crippen molar-refractivity contribution >= 4 is 11.5 Å². The molecule has 4 nitrogen and oxygen atoms in total. The van der Waals surface area contributed by atoms with E-state index >= 15 is 0 Å². The highest BCUT2D eigenvalue weighted by atomic mass is 19.1. The number of hydrogen-bond acceptors (Lipinski definition) is 4. The molecule has 3 rings (SSSR count). The molecule has 2 fully saturated rings. The predicted octanol–water partition coefficient (Wildman–Crippen LogP) is 1.57. The Hall–Kier alpha value is -1.36. The van der Waals surface area contributed by atoms with E-state index in [0.29, 0.717) is 5.82 Å². The zero-order chi connectivity index (χ0) is 13.2. The molecule has 0 unspecified atom stereocenters. The first-order valence-electron chi connectivity index (χ1n) is 7.08. The second kappa shape index (κ2) is 5.33. The van der Waals surface area contributed by atoms with Crippen LogP contribution in [0.1, 0.15) is 12.8 Å².